The first-order valence-corrected chi connectivity index (χ1v) is 12.0. The molecule has 8 nitrogen and oxygen atoms in total. The maximum atomic E-state index is 13.7. The summed E-state index contributed by atoms with van der Waals surface area (Å²) in [5, 5.41) is 38.2. The Labute approximate surface area is 189 Å². The molecule has 4 aliphatic carbocycles. The van der Waals surface area contributed by atoms with Gasteiger partial charge in [-0.1, -0.05) is 20.4 Å². The number of aliphatic hydroxyl groups is 3. The number of aliphatic hydroxyl groups excluding tert-OH is 2. The monoisotopic (exact) mass is 460 g/mol. The molecule has 0 unspecified atom stereocenters. The molecule has 2 saturated heterocycles. The summed E-state index contributed by atoms with van der Waals surface area (Å²) in [7, 11) is 0. The first-order valence-electron chi connectivity index (χ1n) is 11.2. The van der Waals surface area contributed by atoms with Crippen molar-refractivity contribution in [1.82, 2.24) is 4.98 Å². The summed E-state index contributed by atoms with van der Waals surface area (Å²) in [6.07, 6.45) is -0.781. The van der Waals surface area contributed by atoms with Crippen molar-refractivity contribution >= 4 is 28.2 Å². The Balaban J connectivity index is 1.65. The lowest BCUT2D eigenvalue weighted by Gasteiger charge is -2.73. The molecular weight excluding hydrogens is 432 g/mol. The van der Waals surface area contributed by atoms with E-state index in [1.807, 2.05) is 0 Å². The van der Waals surface area contributed by atoms with Gasteiger partial charge in [0.05, 0.1) is 18.4 Å². The van der Waals surface area contributed by atoms with E-state index in [0.29, 0.717) is 30.0 Å². The van der Waals surface area contributed by atoms with Gasteiger partial charge in [-0.05, 0) is 36.2 Å². The summed E-state index contributed by atoms with van der Waals surface area (Å²) in [6, 6.07) is 0. The van der Waals surface area contributed by atoms with Crippen LogP contribution in [0.1, 0.15) is 44.2 Å². The average Bonchev–Trinajstić information content (AvgIpc) is 3.12. The number of carbonyl (C=O) groups excluding carboxylic acids is 2. The van der Waals surface area contributed by atoms with E-state index in [9.17, 15) is 24.9 Å². The molecule has 9 heteroatoms. The van der Waals surface area contributed by atoms with E-state index in [1.165, 1.54) is 18.3 Å². The van der Waals surface area contributed by atoms with Crippen molar-refractivity contribution in [3.8, 4) is 0 Å². The van der Waals surface area contributed by atoms with Gasteiger partial charge in [0.15, 0.2) is 10.9 Å². The lowest BCUT2D eigenvalue weighted by atomic mass is 9.36. The molecule has 1 amide bonds. The summed E-state index contributed by atoms with van der Waals surface area (Å²) >= 11 is 1.40. The molecule has 5 fully saturated rings. The van der Waals surface area contributed by atoms with Crippen LogP contribution in [0.3, 0.4) is 0 Å². The number of ketones is 1. The van der Waals surface area contributed by atoms with Crippen LogP contribution in [0.5, 0.6) is 0 Å². The summed E-state index contributed by atoms with van der Waals surface area (Å²) in [4.78, 5) is 31.2. The van der Waals surface area contributed by atoms with Crippen LogP contribution in [0, 0.1) is 28.6 Å². The first kappa shape index (κ1) is 20.9. The van der Waals surface area contributed by atoms with Gasteiger partial charge >= 0.3 is 0 Å². The van der Waals surface area contributed by atoms with Gasteiger partial charge in [0.1, 0.15) is 11.5 Å². The summed E-state index contributed by atoms with van der Waals surface area (Å²) in [5.74, 6) is -4.17. The number of aromatic nitrogens is 1. The predicted octanol–water partition coefficient (Wildman–Crippen LogP) is 1.14. The fourth-order valence-corrected chi connectivity index (χ4v) is 9.64. The molecule has 8 atom stereocenters. The van der Waals surface area contributed by atoms with Gasteiger partial charge in [-0.2, -0.15) is 0 Å². The molecule has 7 rings (SSSR count). The standard InChI is InChI=1S/C23H28N2O6S/c1-9-11-5-6-13-21-8-31-23(30,22(13,16(9)27)17(11)28)18(29)14(21)20(3,4)7-12-15(21)25-19(32-12)24-10(2)26/h11,13-14,17-18,28-30H,1,5-8H2,2-4H3,(H,24,25,26)/t11-,13-,14+,17+,18-,21-,22-,23-/m0/s1. The van der Waals surface area contributed by atoms with Crippen molar-refractivity contribution in [3.05, 3.63) is 22.7 Å². The number of Topliss-reactive ketones (excluding diaryl/α,β-unsaturated/α-hetero) is 1. The molecule has 2 spiro atoms. The van der Waals surface area contributed by atoms with Gasteiger partial charge in [0.2, 0.25) is 11.7 Å². The molecule has 4 bridgehead atoms. The zero-order valence-corrected chi connectivity index (χ0v) is 19.2. The molecule has 6 aliphatic rings. The van der Waals surface area contributed by atoms with Crippen LogP contribution in [0.25, 0.3) is 0 Å². The summed E-state index contributed by atoms with van der Waals surface area (Å²) in [6.45, 7) is 9.57. The Bertz CT molecular complexity index is 1100. The second-order valence-corrected chi connectivity index (χ2v) is 12.1. The zero-order valence-electron chi connectivity index (χ0n) is 18.3. The number of carbonyl (C=O) groups is 2. The molecule has 172 valence electrons. The SMILES string of the molecule is C=C1C(=O)[C@]23[C@H](O)[C@H]1CC[C@H]2[C@@]12CO[C@@]3(O)[C@@H](O)[C@@H]1C(C)(C)Cc1sc(NC(C)=O)nc12. The third-order valence-corrected chi connectivity index (χ3v) is 10.1. The second kappa shape index (κ2) is 5.88. The smallest absolute Gasteiger partial charge is 0.223 e. The highest BCUT2D eigenvalue weighted by atomic mass is 32.1. The van der Waals surface area contributed by atoms with Crippen molar-refractivity contribution in [2.75, 3.05) is 11.9 Å². The van der Waals surface area contributed by atoms with E-state index in [2.05, 4.69) is 25.7 Å². The molecule has 3 heterocycles. The molecule has 1 aromatic heterocycles. The number of nitrogens with zero attached hydrogens (tertiary/aromatic N) is 1. The Hall–Kier alpha value is -1.65. The van der Waals surface area contributed by atoms with Crippen molar-refractivity contribution in [3.63, 3.8) is 0 Å². The molecule has 1 aromatic rings. The highest BCUT2D eigenvalue weighted by molar-refractivity contribution is 7.15. The number of thiazole rings is 1. The minimum Gasteiger partial charge on any atom is -0.391 e. The molecule has 4 N–H and O–H groups in total. The van der Waals surface area contributed by atoms with E-state index in [0.717, 1.165) is 10.6 Å². The van der Waals surface area contributed by atoms with E-state index >= 15 is 0 Å². The topological polar surface area (TPSA) is 129 Å². The normalized spacial score (nSPS) is 47.6. The van der Waals surface area contributed by atoms with Crippen LogP contribution in [0.4, 0.5) is 5.13 Å². The Kier molecular flexibility index (Phi) is 3.84. The number of anilines is 1. The minimum absolute atomic E-state index is 0.0917. The summed E-state index contributed by atoms with van der Waals surface area (Å²) < 4.78 is 6.02. The fourth-order valence-electron chi connectivity index (χ4n) is 8.30. The van der Waals surface area contributed by atoms with Crippen LogP contribution >= 0.6 is 11.3 Å². The van der Waals surface area contributed by atoms with Crippen molar-refractivity contribution in [2.24, 2.45) is 28.6 Å². The highest BCUT2D eigenvalue weighted by Gasteiger charge is 2.86. The minimum atomic E-state index is -2.19. The van der Waals surface area contributed by atoms with Crippen molar-refractivity contribution in [1.29, 1.82) is 0 Å². The van der Waals surface area contributed by atoms with Gasteiger partial charge in [-0.25, -0.2) is 4.98 Å². The maximum absolute atomic E-state index is 13.7. The zero-order chi connectivity index (χ0) is 23.0. The highest BCUT2D eigenvalue weighted by Crippen LogP contribution is 2.75. The van der Waals surface area contributed by atoms with Crippen LogP contribution in [0.2, 0.25) is 0 Å². The van der Waals surface area contributed by atoms with Gasteiger partial charge < -0.3 is 25.4 Å². The van der Waals surface area contributed by atoms with E-state index in [-0.39, 0.29) is 12.5 Å². The Morgan fingerprint density at radius 3 is 2.69 bits per heavy atom. The fraction of sp³-hybridized carbons (Fsp3) is 0.696. The van der Waals surface area contributed by atoms with Crippen LogP contribution in [-0.4, -0.2) is 56.6 Å². The largest absolute Gasteiger partial charge is 0.391 e. The lowest BCUT2D eigenvalue weighted by Crippen LogP contribution is -2.85. The molecular formula is C23H28N2O6S. The summed E-state index contributed by atoms with van der Waals surface area (Å²) in [5.41, 5.74) is -1.97. The molecule has 0 radical (unpaired) electrons. The number of hydrogen-bond acceptors (Lipinski definition) is 8. The molecule has 3 saturated carbocycles. The number of rotatable bonds is 1. The number of ether oxygens (including phenoxy) is 1. The number of nitrogens with one attached hydrogen (secondary N) is 1. The quantitative estimate of drug-likeness (QED) is 0.463. The van der Waals surface area contributed by atoms with Crippen LogP contribution < -0.4 is 5.32 Å². The maximum Gasteiger partial charge on any atom is 0.223 e. The predicted molar refractivity (Wildman–Crippen MR) is 115 cm³/mol. The van der Waals surface area contributed by atoms with Crippen molar-refractivity contribution < 1.29 is 29.6 Å². The third-order valence-electron chi connectivity index (χ3n) is 9.18. The number of amides is 1. The first-order chi connectivity index (χ1) is 14.9. The van der Waals surface area contributed by atoms with Crippen molar-refractivity contribution in [2.45, 2.75) is 63.4 Å². The van der Waals surface area contributed by atoms with E-state index < -0.39 is 57.8 Å². The van der Waals surface area contributed by atoms with Gasteiger partial charge in [-0.15, -0.1) is 11.3 Å². The van der Waals surface area contributed by atoms with Gasteiger partial charge in [0, 0.05) is 29.1 Å². The molecule has 0 aromatic carbocycles. The Morgan fingerprint density at radius 2 is 2.00 bits per heavy atom. The number of fused-ring (bicyclic) bond motifs is 3. The Morgan fingerprint density at radius 1 is 1.28 bits per heavy atom. The van der Waals surface area contributed by atoms with Crippen LogP contribution in [-0.2, 0) is 26.2 Å². The molecule has 2 aliphatic heterocycles. The van der Waals surface area contributed by atoms with Gasteiger partial charge in [-0.3, -0.25) is 9.59 Å². The molecule has 32 heavy (non-hydrogen) atoms. The van der Waals surface area contributed by atoms with E-state index in [4.69, 9.17) is 9.72 Å². The lowest BCUT2D eigenvalue weighted by molar-refractivity contribution is -0.429. The average molecular weight is 461 g/mol. The van der Waals surface area contributed by atoms with Gasteiger partial charge in [0.25, 0.3) is 0 Å². The third kappa shape index (κ3) is 1.95. The van der Waals surface area contributed by atoms with E-state index in [1.54, 1.807) is 0 Å². The second-order valence-electron chi connectivity index (χ2n) is 11.0. The van der Waals surface area contributed by atoms with Crippen LogP contribution in [0.15, 0.2) is 12.2 Å². The number of hydrogen-bond donors (Lipinski definition) is 4.